The topological polar surface area (TPSA) is 37.9 Å². The fourth-order valence-electron chi connectivity index (χ4n) is 11.7. The van der Waals surface area contributed by atoms with Crippen LogP contribution in [0, 0.1) is 6.57 Å². The highest BCUT2D eigenvalue weighted by Gasteiger charge is 2.34. The fraction of sp³-hybridized carbons (Fsp3) is 0.173. The number of pyridine rings is 1. The number of thiophene rings is 1. The minimum Gasteiger partial charge on any atom is -0.459 e. The van der Waals surface area contributed by atoms with Crippen LogP contribution in [0.5, 0.6) is 11.5 Å². The summed E-state index contributed by atoms with van der Waals surface area (Å²) in [7, 11) is 0. The molecular formula is C75H65N5OS. The summed E-state index contributed by atoms with van der Waals surface area (Å²) in [6.07, 6.45) is 1.93. The zero-order chi connectivity index (χ0) is 56.7. The predicted octanol–water partition coefficient (Wildman–Crippen LogP) is 21.5. The summed E-state index contributed by atoms with van der Waals surface area (Å²) in [5, 5.41) is 2.33. The van der Waals surface area contributed by atoms with E-state index in [1.165, 1.54) is 48.2 Å². The number of nitrogens with zero attached hydrogens (tertiary/aromatic N) is 5. The van der Waals surface area contributed by atoms with E-state index in [0.717, 1.165) is 72.8 Å². The standard InChI is InChI=1S/C75H65N5OS/c1-73(2,3)54-28-20-25-51(39-54)50-24-19-27-53(38-50)64-41-56(75(7,8)9)40-63(52-26-18-23-49(37-52)48-21-12-11-13-22-48)70(64)79-47-78(65-30-15-16-31-66(65)79)58-43-57(76-10)44-60(45-58)81-59-33-34-61-67(46-59)80(69-42-55(35-36-77-69)74(4,5)6)71-62-29-14-17-32-68(62)82-72(61)71/h11-46H,47H2,1-9H3. The van der Waals surface area contributed by atoms with Crippen molar-refractivity contribution in [3.05, 3.63) is 247 Å². The van der Waals surface area contributed by atoms with Crippen LogP contribution in [0.2, 0.25) is 0 Å². The van der Waals surface area contributed by atoms with E-state index < -0.39 is 0 Å². The van der Waals surface area contributed by atoms with Gasteiger partial charge in [0.15, 0.2) is 5.69 Å². The van der Waals surface area contributed by atoms with Gasteiger partial charge in [0, 0.05) is 50.6 Å². The first-order valence-corrected chi connectivity index (χ1v) is 29.1. The minimum atomic E-state index is -0.171. The second kappa shape index (κ2) is 20.1. The van der Waals surface area contributed by atoms with Crippen LogP contribution in [0.1, 0.15) is 79.0 Å². The van der Waals surface area contributed by atoms with Crippen LogP contribution in [0.15, 0.2) is 219 Å². The molecule has 13 rings (SSSR count). The molecule has 82 heavy (non-hydrogen) atoms. The van der Waals surface area contributed by atoms with E-state index in [-0.39, 0.29) is 16.2 Å². The molecule has 0 atom stereocenters. The molecule has 0 spiro atoms. The van der Waals surface area contributed by atoms with Crippen molar-refractivity contribution in [1.82, 2.24) is 9.55 Å². The van der Waals surface area contributed by atoms with Crippen LogP contribution in [0.3, 0.4) is 0 Å². The molecule has 0 radical (unpaired) electrons. The van der Waals surface area contributed by atoms with E-state index in [2.05, 4.69) is 282 Å². The highest BCUT2D eigenvalue weighted by Crippen LogP contribution is 2.53. The van der Waals surface area contributed by atoms with Crippen molar-refractivity contribution in [3.8, 4) is 61.8 Å². The summed E-state index contributed by atoms with van der Waals surface area (Å²) in [5.74, 6) is 2.12. The molecule has 4 heterocycles. The van der Waals surface area contributed by atoms with Gasteiger partial charge in [-0.25, -0.2) is 9.83 Å². The van der Waals surface area contributed by atoms with Gasteiger partial charge in [-0.05, 0) is 145 Å². The summed E-state index contributed by atoms with van der Waals surface area (Å²) in [5.41, 5.74) is 19.5. The first-order chi connectivity index (χ1) is 39.5. The van der Waals surface area contributed by atoms with Crippen LogP contribution >= 0.6 is 11.3 Å². The number of aromatic nitrogens is 2. The Kier molecular flexibility index (Phi) is 12.8. The summed E-state index contributed by atoms with van der Waals surface area (Å²) < 4.78 is 11.7. The van der Waals surface area contributed by atoms with Gasteiger partial charge in [-0.2, -0.15) is 0 Å². The molecule has 9 aromatic carbocycles. The third-order valence-electron chi connectivity index (χ3n) is 16.1. The van der Waals surface area contributed by atoms with Gasteiger partial charge >= 0.3 is 0 Å². The molecule has 402 valence electrons. The van der Waals surface area contributed by atoms with Gasteiger partial charge in [0.05, 0.1) is 39.4 Å². The van der Waals surface area contributed by atoms with Gasteiger partial charge in [0.25, 0.3) is 0 Å². The Morgan fingerprint density at radius 2 is 1.06 bits per heavy atom. The Morgan fingerprint density at radius 3 is 1.74 bits per heavy atom. The Labute approximate surface area is 486 Å². The summed E-state index contributed by atoms with van der Waals surface area (Å²) in [4.78, 5) is 13.9. The average molecular weight is 1080 g/mol. The van der Waals surface area contributed by atoms with E-state index in [0.29, 0.717) is 23.9 Å². The summed E-state index contributed by atoms with van der Waals surface area (Å²) >= 11 is 1.81. The van der Waals surface area contributed by atoms with Crippen molar-refractivity contribution in [1.29, 1.82) is 0 Å². The fourth-order valence-corrected chi connectivity index (χ4v) is 12.9. The van der Waals surface area contributed by atoms with Crippen molar-refractivity contribution < 1.29 is 4.74 Å². The maximum atomic E-state index is 8.46. The first kappa shape index (κ1) is 52.2. The maximum absolute atomic E-state index is 8.46. The van der Waals surface area contributed by atoms with Gasteiger partial charge in [0.2, 0.25) is 0 Å². The van der Waals surface area contributed by atoms with Gasteiger partial charge < -0.3 is 14.5 Å². The Hall–Kier alpha value is -9.22. The SMILES string of the molecule is [C-]#[N+]c1cc(Oc2ccc3c4sc5ccccc5c4n(-c4cc(C(C)(C)C)ccn4)c3c2)cc(N2CN(c3c(-c4cccc(-c5ccccc5)c4)cc(C(C)(C)C)cc3-c3cccc(-c4cccc(C(C)(C)C)c4)c3)c3ccccc32)c1. The smallest absolute Gasteiger partial charge is 0.192 e. The molecule has 0 amide bonds. The van der Waals surface area contributed by atoms with E-state index in [1.807, 2.05) is 29.7 Å². The van der Waals surface area contributed by atoms with Crippen molar-refractivity contribution in [2.75, 3.05) is 16.5 Å². The molecule has 0 aliphatic carbocycles. The lowest BCUT2D eigenvalue weighted by Crippen LogP contribution is -2.25. The van der Waals surface area contributed by atoms with E-state index in [4.69, 9.17) is 16.3 Å². The maximum Gasteiger partial charge on any atom is 0.192 e. The van der Waals surface area contributed by atoms with Gasteiger partial charge in [0.1, 0.15) is 24.0 Å². The summed E-state index contributed by atoms with van der Waals surface area (Å²) in [6.45, 7) is 29.4. The van der Waals surface area contributed by atoms with Crippen LogP contribution in [0.25, 0.3) is 86.4 Å². The number of anilines is 4. The largest absolute Gasteiger partial charge is 0.459 e. The number of fused-ring (bicyclic) bond motifs is 6. The number of rotatable bonds is 9. The molecule has 12 aromatic rings. The lowest BCUT2D eigenvalue weighted by molar-refractivity contribution is 0.483. The highest BCUT2D eigenvalue weighted by molar-refractivity contribution is 7.26. The van der Waals surface area contributed by atoms with Crippen LogP contribution in [0.4, 0.5) is 28.4 Å². The molecule has 1 aliphatic rings. The first-order valence-electron chi connectivity index (χ1n) is 28.3. The van der Waals surface area contributed by atoms with E-state index in [1.54, 1.807) is 0 Å². The number of ether oxygens (including phenoxy) is 1. The molecule has 6 nitrogen and oxygen atoms in total. The van der Waals surface area contributed by atoms with Gasteiger partial charge in [-0.3, -0.25) is 4.57 Å². The monoisotopic (exact) mass is 1080 g/mol. The molecule has 7 heteroatoms. The average Bonchev–Trinajstić information content (AvgIpc) is 3.59. The van der Waals surface area contributed by atoms with Crippen LogP contribution < -0.4 is 14.5 Å². The normalized spacial score (nSPS) is 12.8. The molecular weight excluding hydrogens is 1020 g/mol. The third-order valence-corrected chi connectivity index (χ3v) is 17.3. The van der Waals surface area contributed by atoms with Crippen molar-refractivity contribution >= 4 is 71.0 Å². The van der Waals surface area contributed by atoms with Crippen molar-refractivity contribution in [2.45, 2.75) is 78.6 Å². The number of hydrogen-bond donors (Lipinski definition) is 0. The third kappa shape index (κ3) is 9.57. The van der Waals surface area contributed by atoms with Crippen molar-refractivity contribution in [2.24, 2.45) is 0 Å². The predicted molar refractivity (Wildman–Crippen MR) is 347 cm³/mol. The van der Waals surface area contributed by atoms with Gasteiger partial charge in [-0.1, -0.05) is 184 Å². The van der Waals surface area contributed by atoms with Gasteiger partial charge in [-0.15, -0.1) is 11.3 Å². The van der Waals surface area contributed by atoms with E-state index >= 15 is 0 Å². The Morgan fingerprint density at radius 1 is 0.476 bits per heavy atom. The number of hydrogen-bond acceptors (Lipinski definition) is 5. The number of benzene rings is 9. The molecule has 0 saturated heterocycles. The molecule has 0 N–H and O–H groups in total. The van der Waals surface area contributed by atoms with Crippen LogP contribution in [-0.2, 0) is 16.2 Å². The zero-order valence-electron chi connectivity index (χ0n) is 48.0. The second-order valence-electron chi connectivity index (χ2n) is 24.9. The molecule has 3 aromatic heterocycles. The lowest BCUT2D eigenvalue weighted by atomic mass is 9.81. The van der Waals surface area contributed by atoms with Crippen LogP contribution in [-0.4, -0.2) is 16.2 Å². The minimum absolute atomic E-state index is 0.00720. The molecule has 0 saturated carbocycles. The molecule has 0 bridgehead atoms. The Bertz CT molecular complexity index is 4500. The Balaban J connectivity index is 0.953. The quantitative estimate of drug-likeness (QED) is 0.135. The van der Waals surface area contributed by atoms with E-state index in [9.17, 15) is 0 Å². The molecule has 0 fully saturated rings. The van der Waals surface area contributed by atoms with Crippen molar-refractivity contribution in [3.63, 3.8) is 0 Å². The highest BCUT2D eigenvalue weighted by atomic mass is 32.1. The number of para-hydroxylation sites is 2. The lowest BCUT2D eigenvalue weighted by Gasteiger charge is -2.30. The zero-order valence-corrected chi connectivity index (χ0v) is 48.9. The molecule has 0 unspecified atom stereocenters. The summed E-state index contributed by atoms with van der Waals surface area (Å²) in [6, 6.07) is 76.6. The molecule has 1 aliphatic heterocycles. The second-order valence-corrected chi connectivity index (χ2v) is 25.9.